The molecule has 1 aromatic carbocycles. The number of hydrogen-bond acceptors (Lipinski definition) is 6. The summed E-state index contributed by atoms with van der Waals surface area (Å²) in [7, 11) is 0. The summed E-state index contributed by atoms with van der Waals surface area (Å²) in [6.07, 6.45) is 4.03. The number of thioether (sulfide) groups is 1. The second-order valence-electron chi connectivity index (χ2n) is 7.11. The fourth-order valence-electron chi connectivity index (χ4n) is 3.43. The van der Waals surface area contributed by atoms with Crippen LogP contribution < -0.4 is 5.32 Å². The Morgan fingerprint density at radius 1 is 1.37 bits per heavy atom. The molecule has 2 aliphatic rings. The Morgan fingerprint density at radius 3 is 2.93 bits per heavy atom. The third-order valence-corrected chi connectivity index (χ3v) is 6.63. The summed E-state index contributed by atoms with van der Waals surface area (Å²) in [5.74, 6) is 0.323. The second kappa shape index (κ2) is 8.28. The lowest BCUT2D eigenvalue weighted by molar-refractivity contribution is -0.119. The topological polar surface area (TPSA) is 81.9 Å². The van der Waals surface area contributed by atoms with Gasteiger partial charge in [-0.3, -0.25) is 4.79 Å². The number of ether oxygens (including phenoxy) is 1. The molecule has 0 radical (unpaired) electrons. The Labute approximate surface area is 170 Å². The van der Waals surface area contributed by atoms with Crippen LogP contribution in [0.4, 0.5) is 0 Å². The monoisotopic (exact) mass is 451 g/mol. The first-order valence-electron chi connectivity index (χ1n) is 9.17. The average molecular weight is 452 g/mol. The van der Waals surface area contributed by atoms with E-state index in [1.165, 1.54) is 17.3 Å². The van der Waals surface area contributed by atoms with Crippen LogP contribution in [0.15, 0.2) is 33.9 Å². The van der Waals surface area contributed by atoms with Gasteiger partial charge in [0, 0.05) is 29.6 Å². The first-order valence-corrected chi connectivity index (χ1v) is 11.0. The molecule has 27 heavy (non-hydrogen) atoms. The number of nitrogens with zero attached hydrogens (tertiary/aromatic N) is 4. The summed E-state index contributed by atoms with van der Waals surface area (Å²) < 4.78 is 8.46. The van der Waals surface area contributed by atoms with Gasteiger partial charge in [-0.2, -0.15) is 0 Å². The number of aromatic nitrogens is 4. The van der Waals surface area contributed by atoms with Crippen molar-refractivity contribution in [3.63, 3.8) is 0 Å². The van der Waals surface area contributed by atoms with Gasteiger partial charge in [0.05, 0.1) is 11.8 Å². The van der Waals surface area contributed by atoms with E-state index in [0.717, 1.165) is 35.3 Å². The standard InChI is InChI=1S/C18H22BrN5O2S/c19-14-3-1-2-13(10-14)18(6-8-26-9-7-18)12-20-16(25)11-27-17-21-22-23-24(17)15-4-5-15/h1-3,10,15H,4-9,11-12H2,(H,20,25). The van der Waals surface area contributed by atoms with Crippen molar-refractivity contribution in [3.8, 4) is 0 Å². The molecular formula is C18H22BrN5O2S. The van der Waals surface area contributed by atoms with Gasteiger partial charge in [0.2, 0.25) is 11.1 Å². The molecule has 1 saturated heterocycles. The molecule has 2 fully saturated rings. The number of halogens is 1. The van der Waals surface area contributed by atoms with E-state index in [2.05, 4.69) is 48.9 Å². The van der Waals surface area contributed by atoms with Gasteiger partial charge in [-0.25, -0.2) is 4.68 Å². The maximum Gasteiger partial charge on any atom is 0.230 e. The lowest BCUT2D eigenvalue weighted by Crippen LogP contribution is -2.45. The van der Waals surface area contributed by atoms with Crippen LogP contribution in [0.5, 0.6) is 0 Å². The van der Waals surface area contributed by atoms with Gasteiger partial charge in [-0.1, -0.05) is 39.8 Å². The van der Waals surface area contributed by atoms with Crippen LogP contribution in [0.1, 0.15) is 37.3 Å². The molecule has 4 rings (SSSR count). The number of tetrazole rings is 1. The van der Waals surface area contributed by atoms with Crippen LogP contribution in [0.3, 0.4) is 0 Å². The zero-order valence-corrected chi connectivity index (χ0v) is 17.3. The van der Waals surface area contributed by atoms with E-state index in [1.807, 2.05) is 16.8 Å². The molecule has 0 atom stereocenters. The number of nitrogens with one attached hydrogen (secondary N) is 1. The van der Waals surface area contributed by atoms with Crippen molar-refractivity contribution in [2.45, 2.75) is 42.3 Å². The zero-order valence-electron chi connectivity index (χ0n) is 14.9. The van der Waals surface area contributed by atoms with E-state index < -0.39 is 0 Å². The molecule has 1 aliphatic heterocycles. The minimum Gasteiger partial charge on any atom is -0.381 e. The zero-order chi connectivity index (χ0) is 18.7. The highest BCUT2D eigenvalue weighted by Gasteiger charge is 2.35. The summed E-state index contributed by atoms with van der Waals surface area (Å²) in [4.78, 5) is 12.5. The molecule has 144 valence electrons. The molecule has 9 heteroatoms. The van der Waals surface area contributed by atoms with E-state index in [-0.39, 0.29) is 11.3 Å². The average Bonchev–Trinajstić information content (AvgIpc) is 3.43. The molecule has 1 aliphatic carbocycles. The van der Waals surface area contributed by atoms with E-state index in [4.69, 9.17) is 4.74 Å². The van der Waals surface area contributed by atoms with E-state index in [1.54, 1.807) is 0 Å². The fourth-order valence-corrected chi connectivity index (χ4v) is 4.60. The minimum absolute atomic E-state index is 0.00575. The van der Waals surface area contributed by atoms with Gasteiger partial charge in [0.1, 0.15) is 0 Å². The van der Waals surface area contributed by atoms with Crippen LogP contribution in [0, 0.1) is 0 Å². The van der Waals surface area contributed by atoms with Crippen molar-refractivity contribution >= 4 is 33.6 Å². The van der Waals surface area contributed by atoms with Crippen LogP contribution in [-0.4, -0.2) is 51.6 Å². The number of benzene rings is 1. The fraction of sp³-hybridized carbons (Fsp3) is 0.556. The molecule has 0 spiro atoms. The smallest absolute Gasteiger partial charge is 0.230 e. The van der Waals surface area contributed by atoms with Crippen molar-refractivity contribution in [2.75, 3.05) is 25.5 Å². The summed E-state index contributed by atoms with van der Waals surface area (Å²) >= 11 is 4.96. The summed E-state index contributed by atoms with van der Waals surface area (Å²) in [6, 6.07) is 8.77. The highest BCUT2D eigenvalue weighted by atomic mass is 79.9. The SMILES string of the molecule is O=C(CSc1nnnn1C1CC1)NCC1(c2cccc(Br)c2)CCOCC1. The largest absolute Gasteiger partial charge is 0.381 e. The highest BCUT2D eigenvalue weighted by Crippen LogP contribution is 2.37. The number of carbonyl (C=O) groups is 1. The van der Waals surface area contributed by atoms with Gasteiger partial charge in [-0.15, -0.1) is 5.10 Å². The van der Waals surface area contributed by atoms with Crippen molar-refractivity contribution in [1.29, 1.82) is 0 Å². The van der Waals surface area contributed by atoms with Gasteiger partial charge in [0.15, 0.2) is 0 Å². The molecule has 0 unspecified atom stereocenters. The number of hydrogen-bond donors (Lipinski definition) is 1. The molecule has 7 nitrogen and oxygen atoms in total. The predicted octanol–water partition coefficient (Wildman–Crippen LogP) is 2.73. The van der Waals surface area contributed by atoms with Gasteiger partial charge in [-0.05, 0) is 53.8 Å². The van der Waals surface area contributed by atoms with Gasteiger partial charge >= 0.3 is 0 Å². The Bertz CT molecular complexity index is 805. The summed E-state index contributed by atoms with van der Waals surface area (Å²) in [6.45, 7) is 2.04. The third-order valence-electron chi connectivity index (χ3n) is 5.20. The minimum atomic E-state index is -0.0854. The van der Waals surface area contributed by atoms with Crippen LogP contribution in [0.25, 0.3) is 0 Å². The van der Waals surface area contributed by atoms with Crippen LogP contribution in [-0.2, 0) is 14.9 Å². The number of carbonyl (C=O) groups excluding carboxylic acids is 1. The Kier molecular flexibility index (Phi) is 5.79. The first kappa shape index (κ1) is 18.9. The Balaban J connectivity index is 1.37. The molecule has 2 heterocycles. The number of amides is 1. The van der Waals surface area contributed by atoms with Crippen molar-refractivity contribution in [1.82, 2.24) is 25.5 Å². The van der Waals surface area contributed by atoms with E-state index >= 15 is 0 Å². The maximum absolute atomic E-state index is 12.5. The van der Waals surface area contributed by atoms with Gasteiger partial charge in [0.25, 0.3) is 0 Å². The van der Waals surface area contributed by atoms with Crippen LogP contribution >= 0.6 is 27.7 Å². The Hall–Kier alpha value is -1.45. The quantitative estimate of drug-likeness (QED) is 0.651. The third kappa shape index (κ3) is 4.52. The molecule has 1 aromatic heterocycles. The summed E-state index contributed by atoms with van der Waals surface area (Å²) in [5, 5.41) is 15.6. The van der Waals surface area contributed by atoms with Crippen molar-refractivity contribution < 1.29 is 9.53 Å². The lowest BCUT2D eigenvalue weighted by atomic mass is 9.74. The maximum atomic E-state index is 12.5. The summed E-state index contributed by atoms with van der Waals surface area (Å²) in [5.41, 5.74) is 1.16. The normalized spacial score (nSPS) is 19.0. The highest BCUT2D eigenvalue weighted by molar-refractivity contribution is 9.10. The Morgan fingerprint density at radius 2 is 2.19 bits per heavy atom. The second-order valence-corrected chi connectivity index (χ2v) is 8.96. The van der Waals surface area contributed by atoms with E-state index in [9.17, 15) is 4.79 Å². The molecular weight excluding hydrogens is 430 g/mol. The molecule has 2 aromatic rings. The lowest BCUT2D eigenvalue weighted by Gasteiger charge is -2.38. The van der Waals surface area contributed by atoms with E-state index in [0.29, 0.717) is 31.6 Å². The first-order chi connectivity index (χ1) is 13.2. The van der Waals surface area contributed by atoms with Gasteiger partial charge < -0.3 is 10.1 Å². The number of rotatable bonds is 7. The molecule has 1 amide bonds. The van der Waals surface area contributed by atoms with Crippen molar-refractivity contribution in [3.05, 3.63) is 34.3 Å². The molecule has 0 bridgehead atoms. The molecule has 1 saturated carbocycles. The van der Waals surface area contributed by atoms with Crippen LogP contribution in [0.2, 0.25) is 0 Å². The van der Waals surface area contributed by atoms with Crippen molar-refractivity contribution in [2.24, 2.45) is 0 Å². The molecule has 1 N–H and O–H groups in total. The predicted molar refractivity (Wildman–Crippen MR) is 106 cm³/mol.